The number of aliphatic hydroxyl groups is 1. The highest BCUT2D eigenvalue weighted by molar-refractivity contribution is 5.65. The maximum Gasteiger partial charge on any atom is 0.304 e. The van der Waals surface area contributed by atoms with E-state index in [9.17, 15) is 4.79 Å². The van der Waals surface area contributed by atoms with Gasteiger partial charge in [-0.15, -0.1) is 0 Å². The zero-order valence-electron chi connectivity index (χ0n) is 4.34. The lowest BCUT2D eigenvalue weighted by Crippen LogP contribution is -2.09. The molecule has 7 heavy (non-hydrogen) atoms. The number of esters is 1. The van der Waals surface area contributed by atoms with E-state index in [4.69, 9.17) is 5.11 Å². The minimum absolute atomic E-state index is 0.463. The van der Waals surface area contributed by atoms with E-state index in [0.717, 1.165) is 0 Å². The standard InChI is InChI=1S/C4H8O3/c1-3(5)7-4(2)6/h3,5H,1-2H3/t3-/m0/s1. The van der Waals surface area contributed by atoms with Crippen LogP contribution in [0.1, 0.15) is 13.8 Å². The van der Waals surface area contributed by atoms with Gasteiger partial charge in [-0.2, -0.15) is 0 Å². The van der Waals surface area contributed by atoms with E-state index in [0.29, 0.717) is 0 Å². The Morgan fingerprint density at radius 2 is 2.29 bits per heavy atom. The lowest BCUT2D eigenvalue weighted by Gasteiger charge is -2.00. The van der Waals surface area contributed by atoms with Crippen LogP contribution in [0.2, 0.25) is 0 Å². The Labute approximate surface area is 41.9 Å². The summed E-state index contributed by atoms with van der Waals surface area (Å²) in [5, 5.41) is 8.28. The molecular formula is C4H8O3. The van der Waals surface area contributed by atoms with Crippen LogP contribution >= 0.6 is 0 Å². The van der Waals surface area contributed by atoms with Gasteiger partial charge in [0.05, 0.1) is 0 Å². The summed E-state index contributed by atoms with van der Waals surface area (Å²) in [7, 11) is 0. The molecule has 1 N–H and O–H groups in total. The van der Waals surface area contributed by atoms with Crippen molar-refractivity contribution in [2.24, 2.45) is 0 Å². The molecule has 0 aromatic carbocycles. The van der Waals surface area contributed by atoms with Crippen molar-refractivity contribution in [1.82, 2.24) is 0 Å². The topological polar surface area (TPSA) is 46.5 Å². The molecule has 0 radical (unpaired) electrons. The van der Waals surface area contributed by atoms with Crippen molar-refractivity contribution in [2.45, 2.75) is 20.1 Å². The smallest absolute Gasteiger partial charge is 0.304 e. The molecular weight excluding hydrogens is 96.0 g/mol. The normalized spacial score (nSPS) is 13.0. The summed E-state index contributed by atoms with van der Waals surface area (Å²) in [6.07, 6.45) is -0.975. The van der Waals surface area contributed by atoms with Gasteiger partial charge in [0.2, 0.25) is 0 Å². The van der Waals surface area contributed by atoms with E-state index in [-0.39, 0.29) is 0 Å². The maximum absolute atomic E-state index is 9.87. The van der Waals surface area contributed by atoms with E-state index in [1.807, 2.05) is 0 Å². The number of rotatable bonds is 1. The van der Waals surface area contributed by atoms with Crippen LogP contribution in [-0.2, 0) is 9.53 Å². The van der Waals surface area contributed by atoms with E-state index < -0.39 is 12.3 Å². The minimum Gasteiger partial charge on any atom is -0.436 e. The molecule has 1 atom stereocenters. The largest absolute Gasteiger partial charge is 0.436 e. The molecule has 0 bridgehead atoms. The third-order valence-electron chi connectivity index (χ3n) is 0.337. The molecule has 0 aromatic heterocycles. The molecule has 0 saturated heterocycles. The highest BCUT2D eigenvalue weighted by Crippen LogP contribution is 1.81. The van der Waals surface area contributed by atoms with Gasteiger partial charge in [-0.1, -0.05) is 0 Å². The van der Waals surface area contributed by atoms with Crippen molar-refractivity contribution < 1.29 is 14.6 Å². The maximum atomic E-state index is 9.87. The van der Waals surface area contributed by atoms with E-state index >= 15 is 0 Å². The van der Waals surface area contributed by atoms with Crippen molar-refractivity contribution in [2.75, 3.05) is 0 Å². The third kappa shape index (κ3) is 5.43. The van der Waals surface area contributed by atoms with Crippen molar-refractivity contribution in [3.63, 3.8) is 0 Å². The van der Waals surface area contributed by atoms with E-state index in [1.54, 1.807) is 0 Å². The monoisotopic (exact) mass is 104 g/mol. The molecule has 0 fully saturated rings. The fourth-order valence-electron chi connectivity index (χ4n) is 0.240. The molecule has 3 heteroatoms. The first-order chi connectivity index (χ1) is 3.13. The van der Waals surface area contributed by atoms with Crippen LogP contribution in [0, 0.1) is 0 Å². The minimum atomic E-state index is -0.975. The van der Waals surface area contributed by atoms with Crippen LogP contribution in [0.4, 0.5) is 0 Å². The van der Waals surface area contributed by atoms with Gasteiger partial charge in [0.15, 0.2) is 6.29 Å². The number of hydrogen-bond donors (Lipinski definition) is 1. The second-order valence-electron chi connectivity index (χ2n) is 1.21. The molecule has 0 unspecified atom stereocenters. The van der Waals surface area contributed by atoms with E-state index in [2.05, 4.69) is 4.74 Å². The zero-order valence-corrected chi connectivity index (χ0v) is 4.34. The van der Waals surface area contributed by atoms with E-state index in [1.165, 1.54) is 13.8 Å². The quantitative estimate of drug-likeness (QED) is 0.373. The van der Waals surface area contributed by atoms with Gasteiger partial charge in [-0.3, -0.25) is 4.79 Å². The van der Waals surface area contributed by atoms with Crippen LogP contribution in [0.5, 0.6) is 0 Å². The highest BCUT2D eigenvalue weighted by Gasteiger charge is 1.95. The van der Waals surface area contributed by atoms with Gasteiger partial charge in [-0.25, -0.2) is 0 Å². The predicted molar refractivity (Wildman–Crippen MR) is 23.4 cm³/mol. The Hall–Kier alpha value is -0.570. The second kappa shape index (κ2) is 2.58. The fraction of sp³-hybridized carbons (Fsp3) is 0.750. The number of ether oxygens (including phenoxy) is 1. The Morgan fingerprint density at radius 1 is 1.86 bits per heavy atom. The van der Waals surface area contributed by atoms with Crippen molar-refractivity contribution in [3.05, 3.63) is 0 Å². The molecule has 0 heterocycles. The molecule has 0 aliphatic rings. The molecule has 0 amide bonds. The Bertz CT molecular complexity index is 67.3. The van der Waals surface area contributed by atoms with Crippen molar-refractivity contribution >= 4 is 5.97 Å². The average Bonchev–Trinajstić information content (AvgIpc) is 1.27. The Balaban J connectivity index is 3.13. The number of carbonyl (C=O) groups is 1. The van der Waals surface area contributed by atoms with Crippen LogP contribution in [0.25, 0.3) is 0 Å². The van der Waals surface area contributed by atoms with Crippen molar-refractivity contribution in [1.29, 1.82) is 0 Å². The lowest BCUT2D eigenvalue weighted by atomic mass is 10.7. The molecule has 0 spiro atoms. The fourth-order valence-corrected chi connectivity index (χ4v) is 0.240. The van der Waals surface area contributed by atoms with Crippen LogP contribution < -0.4 is 0 Å². The average molecular weight is 104 g/mol. The van der Waals surface area contributed by atoms with Gasteiger partial charge in [0.25, 0.3) is 0 Å². The number of aliphatic hydroxyl groups excluding tert-OH is 1. The van der Waals surface area contributed by atoms with Crippen LogP contribution in [-0.4, -0.2) is 17.4 Å². The Morgan fingerprint density at radius 3 is 2.29 bits per heavy atom. The third-order valence-corrected chi connectivity index (χ3v) is 0.337. The first-order valence-corrected chi connectivity index (χ1v) is 1.98. The summed E-state index contributed by atoms with van der Waals surface area (Å²) in [4.78, 5) is 9.87. The molecule has 3 nitrogen and oxygen atoms in total. The first kappa shape index (κ1) is 6.43. The van der Waals surface area contributed by atoms with Gasteiger partial charge in [0, 0.05) is 6.92 Å². The van der Waals surface area contributed by atoms with Crippen LogP contribution in [0.15, 0.2) is 0 Å². The van der Waals surface area contributed by atoms with Gasteiger partial charge in [-0.05, 0) is 6.92 Å². The summed E-state index contributed by atoms with van der Waals surface area (Å²) >= 11 is 0. The van der Waals surface area contributed by atoms with Gasteiger partial charge in [0.1, 0.15) is 0 Å². The molecule has 42 valence electrons. The lowest BCUT2D eigenvalue weighted by molar-refractivity contribution is -0.161. The summed E-state index contributed by atoms with van der Waals surface area (Å²) in [5.41, 5.74) is 0. The highest BCUT2D eigenvalue weighted by atomic mass is 16.6. The van der Waals surface area contributed by atoms with Crippen LogP contribution in [0.3, 0.4) is 0 Å². The van der Waals surface area contributed by atoms with Gasteiger partial charge >= 0.3 is 5.97 Å². The SMILES string of the molecule is CC(=O)O[C@@H](C)O. The zero-order chi connectivity index (χ0) is 5.86. The molecule has 0 rings (SSSR count). The molecule has 0 aliphatic carbocycles. The summed E-state index contributed by atoms with van der Waals surface area (Å²) in [6.45, 7) is 2.62. The second-order valence-corrected chi connectivity index (χ2v) is 1.21. The molecule has 0 saturated carbocycles. The first-order valence-electron chi connectivity index (χ1n) is 1.98. The van der Waals surface area contributed by atoms with Crippen molar-refractivity contribution in [3.8, 4) is 0 Å². The molecule has 0 aromatic rings. The van der Waals surface area contributed by atoms with Gasteiger partial charge < -0.3 is 9.84 Å². The molecule has 0 aliphatic heterocycles. The Kier molecular flexibility index (Phi) is 2.37. The summed E-state index contributed by atoms with van der Waals surface area (Å²) in [6, 6.07) is 0. The summed E-state index contributed by atoms with van der Waals surface area (Å²) < 4.78 is 4.17. The predicted octanol–water partition coefficient (Wildman–Crippen LogP) is -0.112. The number of hydrogen-bond acceptors (Lipinski definition) is 3. The number of carbonyl (C=O) groups excluding carboxylic acids is 1. The summed E-state index contributed by atoms with van der Waals surface area (Å²) in [5.74, 6) is -0.463.